The second kappa shape index (κ2) is 4.27. The first-order chi connectivity index (χ1) is 7.49. The molecule has 0 aromatic carbocycles. The van der Waals surface area contributed by atoms with Crippen LogP contribution in [-0.2, 0) is 10.0 Å². The molecular formula is C9H10ClFN2O2S. The molecule has 0 spiro atoms. The van der Waals surface area contributed by atoms with Crippen LogP contribution in [0, 0.1) is 5.82 Å². The van der Waals surface area contributed by atoms with E-state index in [1.165, 1.54) is 12.3 Å². The molecule has 1 N–H and O–H groups in total. The Bertz CT molecular complexity index is 488. The minimum atomic E-state index is -3.87. The highest BCUT2D eigenvalue weighted by atomic mass is 35.5. The molecule has 1 heterocycles. The zero-order valence-corrected chi connectivity index (χ0v) is 9.80. The van der Waals surface area contributed by atoms with Gasteiger partial charge in [-0.05, 0) is 25.0 Å². The molecule has 0 amide bonds. The quantitative estimate of drug-likeness (QED) is 0.837. The van der Waals surface area contributed by atoms with Gasteiger partial charge < -0.3 is 0 Å². The third-order valence-corrected chi connectivity index (χ3v) is 4.19. The van der Waals surface area contributed by atoms with Crippen LogP contribution in [0.25, 0.3) is 0 Å². The van der Waals surface area contributed by atoms with E-state index >= 15 is 0 Å². The monoisotopic (exact) mass is 264 g/mol. The molecule has 4 nitrogen and oxygen atoms in total. The average Bonchev–Trinajstić information content (AvgIpc) is 2.15. The summed E-state index contributed by atoms with van der Waals surface area (Å²) in [5.41, 5.74) is 0. The predicted molar refractivity (Wildman–Crippen MR) is 57.2 cm³/mol. The van der Waals surface area contributed by atoms with Crippen LogP contribution in [-0.4, -0.2) is 24.8 Å². The molecule has 0 saturated heterocycles. The van der Waals surface area contributed by atoms with E-state index in [1.807, 2.05) is 0 Å². The summed E-state index contributed by atoms with van der Waals surface area (Å²) in [4.78, 5) is 3.52. The summed E-state index contributed by atoms with van der Waals surface area (Å²) in [6.07, 6.45) is 2.37. The number of rotatable bonds is 3. The maximum atomic E-state index is 13.2. The number of sulfonamides is 1. The van der Waals surface area contributed by atoms with E-state index in [4.69, 9.17) is 11.6 Å². The number of nitrogens with zero attached hydrogens (tertiary/aromatic N) is 1. The standard InChI is InChI=1S/C9H10ClFN2O2S/c10-6-4-7(5-6)13-16(14,15)9-8(11)2-1-3-12-9/h1-3,6-7,13H,4-5H2. The first-order valence-corrected chi connectivity index (χ1v) is 6.68. The van der Waals surface area contributed by atoms with Gasteiger partial charge in [-0.3, -0.25) is 0 Å². The summed E-state index contributed by atoms with van der Waals surface area (Å²) >= 11 is 5.73. The Morgan fingerprint density at radius 1 is 1.50 bits per heavy atom. The highest BCUT2D eigenvalue weighted by Gasteiger charge is 2.32. The summed E-state index contributed by atoms with van der Waals surface area (Å²) in [5, 5.41) is -0.561. The Hall–Kier alpha value is -0.720. The van der Waals surface area contributed by atoms with Crippen molar-refractivity contribution in [3.05, 3.63) is 24.1 Å². The Labute approximate surface area is 97.9 Å². The SMILES string of the molecule is O=S(=O)(NC1CC(Cl)C1)c1ncccc1F. The Morgan fingerprint density at radius 3 is 2.75 bits per heavy atom. The van der Waals surface area contributed by atoms with E-state index in [0.717, 1.165) is 6.07 Å². The number of aromatic nitrogens is 1. The minimum absolute atomic E-state index is 0.00118. The Balaban J connectivity index is 2.16. The highest BCUT2D eigenvalue weighted by Crippen LogP contribution is 2.26. The summed E-state index contributed by atoms with van der Waals surface area (Å²) < 4.78 is 39.0. The third-order valence-electron chi connectivity index (χ3n) is 2.38. The Morgan fingerprint density at radius 2 is 2.19 bits per heavy atom. The van der Waals surface area contributed by atoms with Crippen LogP contribution in [0.2, 0.25) is 0 Å². The highest BCUT2D eigenvalue weighted by molar-refractivity contribution is 7.89. The largest absolute Gasteiger partial charge is 0.261 e. The molecule has 1 fully saturated rings. The molecule has 1 saturated carbocycles. The normalized spacial score (nSPS) is 25.1. The van der Waals surface area contributed by atoms with Gasteiger partial charge in [0.15, 0.2) is 5.82 Å². The van der Waals surface area contributed by atoms with Gasteiger partial charge in [-0.15, -0.1) is 11.6 Å². The van der Waals surface area contributed by atoms with E-state index in [1.54, 1.807) is 0 Å². The van der Waals surface area contributed by atoms with E-state index in [-0.39, 0.29) is 11.4 Å². The van der Waals surface area contributed by atoms with E-state index in [9.17, 15) is 12.8 Å². The summed E-state index contributed by atoms with van der Waals surface area (Å²) in [5.74, 6) is -0.850. The molecule has 0 bridgehead atoms. The Kier molecular flexibility index (Phi) is 3.14. The van der Waals surface area contributed by atoms with Crippen LogP contribution >= 0.6 is 11.6 Å². The van der Waals surface area contributed by atoms with Crippen LogP contribution < -0.4 is 4.72 Å². The van der Waals surface area contributed by atoms with Crippen molar-refractivity contribution < 1.29 is 12.8 Å². The smallest absolute Gasteiger partial charge is 0.241 e. The van der Waals surface area contributed by atoms with Gasteiger partial charge in [-0.2, -0.15) is 0 Å². The third kappa shape index (κ3) is 2.34. The van der Waals surface area contributed by atoms with Crippen LogP contribution in [0.3, 0.4) is 0 Å². The molecule has 0 radical (unpaired) electrons. The molecule has 0 aliphatic heterocycles. The lowest BCUT2D eigenvalue weighted by Gasteiger charge is -2.30. The summed E-state index contributed by atoms with van der Waals surface area (Å²) in [7, 11) is -3.87. The maximum absolute atomic E-state index is 13.2. The van der Waals surface area contributed by atoms with Crippen LogP contribution in [0.15, 0.2) is 23.4 Å². The lowest BCUT2D eigenvalue weighted by Crippen LogP contribution is -2.45. The van der Waals surface area contributed by atoms with Gasteiger partial charge in [0.05, 0.1) is 0 Å². The summed E-state index contributed by atoms with van der Waals surface area (Å²) in [6, 6.07) is 2.19. The maximum Gasteiger partial charge on any atom is 0.261 e. The van der Waals surface area contributed by atoms with E-state index in [0.29, 0.717) is 12.8 Å². The van der Waals surface area contributed by atoms with E-state index in [2.05, 4.69) is 9.71 Å². The number of halogens is 2. The minimum Gasteiger partial charge on any atom is -0.241 e. The second-order valence-electron chi connectivity index (χ2n) is 3.68. The second-order valence-corrected chi connectivity index (χ2v) is 5.92. The zero-order chi connectivity index (χ0) is 11.8. The van der Waals surface area contributed by atoms with Gasteiger partial charge >= 0.3 is 0 Å². The van der Waals surface area contributed by atoms with Crippen LogP contribution in [0.1, 0.15) is 12.8 Å². The van der Waals surface area contributed by atoms with Gasteiger partial charge in [0.2, 0.25) is 5.03 Å². The van der Waals surface area contributed by atoms with Crippen molar-refractivity contribution in [3.8, 4) is 0 Å². The molecule has 0 unspecified atom stereocenters. The van der Waals surface area contributed by atoms with Crippen LogP contribution in [0.5, 0.6) is 0 Å². The van der Waals surface area contributed by atoms with Crippen molar-refractivity contribution >= 4 is 21.6 Å². The number of nitrogens with one attached hydrogen (secondary N) is 1. The lowest BCUT2D eigenvalue weighted by molar-refractivity contribution is 0.389. The van der Waals surface area contributed by atoms with Crippen molar-refractivity contribution in [2.45, 2.75) is 29.3 Å². The topological polar surface area (TPSA) is 59.1 Å². The van der Waals surface area contributed by atoms with Crippen molar-refractivity contribution in [3.63, 3.8) is 0 Å². The van der Waals surface area contributed by atoms with Gasteiger partial charge in [0.25, 0.3) is 10.0 Å². The molecule has 88 valence electrons. The molecule has 1 aliphatic rings. The fourth-order valence-electron chi connectivity index (χ4n) is 1.49. The zero-order valence-electron chi connectivity index (χ0n) is 8.23. The number of alkyl halides is 1. The molecule has 2 rings (SSSR count). The average molecular weight is 265 g/mol. The first-order valence-electron chi connectivity index (χ1n) is 4.76. The van der Waals surface area contributed by atoms with E-state index < -0.39 is 20.9 Å². The van der Waals surface area contributed by atoms with Crippen molar-refractivity contribution in [2.24, 2.45) is 0 Å². The van der Waals surface area contributed by atoms with Crippen molar-refractivity contribution in [1.29, 1.82) is 0 Å². The van der Waals surface area contributed by atoms with Gasteiger partial charge in [0.1, 0.15) is 0 Å². The van der Waals surface area contributed by atoms with Gasteiger partial charge in [-0.1, -0.05) is 0 Å². The molecule has 16 heavy (non-hydrogen) atoms. The summed E-state index contributed by atoms with van der Waals surface area (Å²) in [6.45, 7) is 0. The number of hydrogen-bond acceptors (Lipinski definition) is 3. The fraction of sp³-hybridized carbons (Fsp3) is 0.444. The van der Waals surface area contributed by atoms with Crippen molar-refractivity contribution in [2.75, 3.05) is 0 Å². The molecule has 0 atom stereocenters. The fourth-order valence-corrected chi connectivity index (χ4v) is 3.19. The first kappa shape index (κ1) is 11.8. The number of hydrogen-bond donors (Lipinski definition) is 1. The lowest BCUT2D eigenvalue weighted by atomic mass is 9.94. The van der Waals surface area contributed by atoms with Crippen molar-refractivity contribution in [1.82, 2.24) is 9.71 Å². The molecule has 1 aromatic rings. The van der Waals surface area contributed by atoms with Gasteiger partial charge in [-0.25, -0.2) is 22.5 Å². The molecular weight excluding hydrogens is 255 g/mol. The molecule has 7 heteroatoms. The van der Waals surface area contributed by atoms with Gasteiger partial charge in [0, 0.05) is 17.6 Å². The molecule has 1 aromatic heterocycles. The predicted octanol–water partition coefficient (Wildman–Crippen LogP) is 1.27. The molecule has 1 aliphatic carbocycles. The van der Waals surface area contributed by atoms with Crippen LogP contribution in [0.4, 0.5) is 4.39 Å². The number of pyridine rings is 1.